The summed E-state index contributed by atoms with van der Waals surface area (Å²) in [6.45, 7) is 10.2. The first kappa shape index (κ1) is 11.4. The van der Waals surface area contributed by atoms with Crippen molar-refractivity contribution < 1.29 is 0 Å². The van der Waals surface area contributed by atoms with Crippen molar-refractivity contribution >= 4 is 0 Å². The van der Waals surface area contributed by atoms with Crippen LogP contribution in [0, 0.1) is 17.8 Å². The summed E-state index contributed by atoms with van der Waals surface area (Å²) in [7, 11) is 0. The molecule has 0 saturated heterocycles. The van der Waals surface area contributed by atoms with Crippen LogP contribution in [0.15, 0.2) is 0 Å². The summed E-state index contributed by atoms with van der Waals surface area (Å²) in [5.41, 5.74) is 0.111. The maximum absolute atomic E-state index is 5.17. The molecule has 0 amide bonds. The van der Waals surface area contributed by atoms with E-state index in [-0.39, 0.29) is 5.41 Å². The molecule has 0 aliphatic carbocycles. The Morgan fingerprint density at radius 2 is 1.67 bits per heavy atom. The van der Waals surface area contributed by atoms with E-state index in [4.69, 9.17) is 6.42 Å². The fraction of sp³-hybridized carbons (Fsp3) is 0.778. The zero-order valence-corrected chi connectivity index (χ0v) is 7.28. The Bertz CT molecular complexity index is 82.7. The maximum Gasteiger partial charge on any atom is 0.0253 e. The zero-order valence-electron chi connectivity index (χ0n) is 7.28. The number of hydrogen-bond acceptors (Lipinski definition) is 0. The molecule has 0 heterocycles. The van der Waals surface area contributed by atoms with Crippen molar-refractivity contribution in [3.63, 3.8) is 0 Å². The molecule has 0 heteroatoms. The topological polar surface area (TPSA) is 0 Å². The minimum atomic E-state index is 0.111. The molecule has 0 aliphatic rings. The quantitative estimate of drug-likeness (QED) is 0.474. The van der Waals surface area contributed by atoms with Crippen molar-refractivity contribution in [3.05, 3.63) is 0 Å². The maximum atomic E-state index is 5.17. The first-order chi connectivity index (χ1) is 4.12. The molecule has 0 N–H and O–H groups in total. The first-order valence-corrected chi connectivity index (χ1v) is 3.60. The number of hydrogen-bond donors (Lipinski definition) is 0. The van der Waals surface area contributed by atoms with E-state index < -0.39 is 0 Å². The van der Waals surface area contributed by atoms with Gasteiger partial charge in [-0.05, 0) is 20.3 Å². The van der Waals surface area contributed by atoms with Gasteiger partial charge in [0.2, 0.25) is 0 Å². The molecule has 0 atom stereocenters. The molecule has 0 nitrogen and oxygen atoms in total. The molecule has 0 saturated carbocycles. The second kappa shape index (κ2) is 5.69. The lowest BCUT2D eigenvalue weighted by Crippen LogP contribution is -2.03. The van der Waals surface area contributed by atoms with Gasteiger partial charge in [-0.1, -0.05) is 20.8 Å². The molecule has 0 unspecified atom stereocenters. The fourth-order valence-corrected chi connectivity index (χ4v) is 0.102. The van der Waals surface area contributed by atoms with Crippen molar-refractivity contribution in [3.8, 4) is 12.3 Å². The van der Waals surface area contributed by atoms with Crippen LogP contribution in [-0.4, -0.2) is 0 Å². The molecule has 0 bridgehead atoms. The van der Waals surface area contributed by atoms with Gasteiger partial charge < -0.3 is 0 Å². The molecule has 0 rings (SSSR count). The van der Waals surface area contributed by atoms with Crippen LogP contribution in [0.1, 0.15) is 41.0 Å². The predicted octanol–water partition coefficient (Wildman–Crippen LogP) is 3.08. The van der Waals surface area contributed by atoms with Gasteiger partial charge in [0.05, 0.1) is 0 Å². The largest absolute Gasteiger partial charge is 0.120 e. The van der Waals surface area contributed by atoms with E-state index >= 15 is 0 Å². The van der Waals surface area contributed by atoms with E-state index in [1.807, 2.05) is 13.8 Å². The highest BCUT2D eigenvalue weighted by Crippen LogP contribution is 2.16. The predicted molar refractivity (Wildman–Crippen MR) is 44.3 cm³/mol. The van der Waals surface area contributed by atoms with Gasteiger partial charge in [-0.3, -0.25) is 0 Å². The van der Waals surface area contributed by atoms with Crippen LogP contribution < -0.4 is 0 Å². The van der Waals surface area contributed by atoms with E-state index in [0.29, 0.717) is 0 Å². The van der Waals surface area contributed by atoms with Crippen molar-refractivity contribution in [1.82, 2.24) is 0 Å². The van der Waals surface area contributed by atoms with E-state index in [0.717, 1.165) is 6.42 Å². The average Bonchev–Trinajstić information content (AvgIpc) is 1.93. The van der Waals surface area contributed by atoms with Gasteiger partial charge in [0.15, 0.2) is 0 Å². The molecular formula is C9H18. The third-order valence-electron chi connectivity index (χ3n) is 1.27. The third kappa shape index (κ3) is 7.56. The van der Waals surface area contributed by atoms with Crippen molar-refractivity contribution in [2.45, 2.75) is 41.0 Å². The van der Waals surface area contributed by atoms with Crippen molar-refractivity contribution in [2.24, 2.45) is 5.41 Å². The van der Waals surface area contributed by atoms with Gasteiger partial charge in [-0.2, -0.15) is 0 Å². The Morgan fingerprint density at radius 3 is 1.67 bits per heavy atom. The summed E-state index contributed by atoms with van der Waals surface area (Å²) in [4.78, 5) is 0. The minimum absolute atomic E-state index is 0.111. The molecule has 0 fully saturated rings. The second-order valence-corrected chi connectivity index (χ2v) is 2.38. The Balaban J connectivity index is 0. The molecular weight excluding hydrogens is 108 g/mol. The Hall–Kier alpha value is -0.440. The lowest BCUT2D eigenvalue weighted by molar-refractivity contribution is 0.485. The minimum Gasteiger partial charge on any atom is -0.120 e. The molecule has 0 radical (unpaired) electrons. The van der Waals surface area contributed by atoms with Crippen LogP contribution in [-0.2, 0) is 0 Å². The fourth-order valence-electron chi connectivity index (χ4n) is 0.102. The van der Waals surface area contributed by atoms with Gasteiger partial charge in [-0.15, -0.1) is 12.3 Å². The highest BCUT2D eigenvalue weighted by Gasteiger charge is 2.07. The molecule has 0 aliphatic heterocycles. The lowest BCUT2D eigenvalue weighted by Gasteiger charge is -2.11. The molecule has 0 aromatic carbocycles. The lowest BCUT2D eigenvalue weighted by atomic mass is 9.92. The second-order valence-electron chi connectivity index (χ2n) is 2.38. The monoisotopic (exact) mass is 126 g/mol. The number of terminal acetylenes is 1. The van der Waals surface area contributed by atoms with Crippen molar-refractivity contribution in [2.75, 3.05) is 0 Å². The molecule has 0 spiro atoms. The third-order valence-corrected chi connectivity index (χ3v) is 1.27. The highest BCUT2D eigenvalue weighted by molar-refractivity contribution is 4.99. The molecule has 0 aromatic heterocycles. The Morgan fingerprint density at radius 1 is 1.33 bits per heavy atom. The van der Waals surface area contributed by atoms with Gasteiger partial charge in [-0.25, -0.2) is 0 Å². The Kier molecular flexibility index (Phi) is 7.19. The van der Waals surface area contributed by atoms with Crippen LogP contribution in [0.3, 0.4) is 0 Å². The smallest absolute Gasteiger partial charge is 0.0253 e. The van der Waals surface area contributed by atoms with Crippen LogP contribution in [0.2, 0.25) is 0 Å². The first-order valence-electron chi connectivity index (χ1n) is 3.60. The van der Waals surface area contributed by atoms with Crippen LogP contribution >= 0.6 is 0 Å². The SMILES string of the molecule is C#CC(C)(C)CC.CC. The summed E-state index contributed by atoms with van der Waals surface area (Å²) in [6, 6.07) is 0. The highest BCUT2D eigenvalue weighted by atomic mass is 14.1. The van der Waals surface area contributed by atoms with Gasteiger partial charge in [0, 0.05) is 5.41 Å². The number of rotatable bonds is 1. The average molecular weight is 126 g/mol. The van der Waals surface area contributed by atoms with Gasteiger partial charge in [0.1, 0.15) is 0 Å². The summed E-state index contributed by atoms with van der Waals surface area (Å²) in [5.74, 6) is 2.69. The Labute approximate surface area is 59.7 Å². The molecule has 9 heavy (non-hydrogen) atoms. The van der Waals surface area contributed by atoms with Crippen LogP contribution in [0.4, 0.5) is 0 Å². The van der Waals surface area contributed by atoms with E-state index in [9.17, 15) is 0 Å². The normalized spacial score (nSPS) is 8.89. The van der Waals surface area contributed by atoms with Crippen molar-refractivity contribution in [1.29, 1.82) is 0 Å². The summed E-state index contributed by atoms with van der Waals surface area (Å²) >= 11 is 0. The van der Waals surface area contributed by atoms with Gasteiger partial charge >= 0.3 is 0 Å². The van der Waals surface area contributed by atoms with E-state index in [1.54, 1.807) is 0 Å². The van der Waals surface area contributed by atoms with Gasteiger partial charge in [0.25, 0.3) is 0 Å². The summed E-state index contributed by atoms with van der Waals surface area (Å²) in [5, 5.41) is 0. The van der Waals surface area contributed by atoms with Crippen LogP contribution in [0.25, 0.3) is 0 Å². The van der Waals surface area contributed by atoms with E-state index in [1.165, 1.54) is 0 Å². The molecule has 54 valence electrons. The summed E-state index contributed by atoms with van der Waals surface area (Å²) < 4.78 is 0. The van der Waals surface area contributed by atoms with E-state index in [2.05, 4.69) is 26.7 Å². The zero-order chi connectivity index (χ0) is 7.91. The summed E-state index contributed by atoms with van der Waals surface area (Å²) in [6.07, 6.45) is 6.23. The molecule has 0 aromatic rings. The van der Waals surface area contributed by atoms with Crippen LogP contribution in [0.5, 0.6) is 0 Å². The standard InChI is InChI=1S/C7H12.C2H6/c1-5-7(3,4)6-2;1-2/h1H,6H2,2-4H3;1-2H3.